The Balaban J connectivity index is 1.69. The van der Waals surface area contributed by atoms with E-state index < -0.39 is 17.8 Å². The second-order valence-electron chi connectivity index (χ2n) is 14.6. The molecule has 0 saturated carbocycles. The molecule has 0 radical (unpaired) electrons. The number of benzene rings is 1. The lowest BCUT2D eigenvalue weighted by Crippen LogP contribution is -2.59. The predicted octanol–water partition coefficient (Wildman–Crippen LogP) is 6.27. The molecule has 2 aliphatic rings. The minimum absolute atomic E-state index is 0.0133. The summed E-state index contributed by atoms with van der Waals surface area (Å²) < 4.78 is 26.4. The number of cyclic esters (lactones) is 1. The SMILES string of the molecule is CN[C@H]1C[C@@H](C)O[C@@H](OC2C(C)(C)CCCNCCCCOC(=O)C(C)(C)CC2(C)C)[C@@H]1Oc1cccc2ncccc12. The maximum atomic E-state index is 13.3. The zero-order chi connectivity index (χ0) is 31.3. The third kappa shape index (κ3) is 8.47. The highest BCUT2D eigenvalue weighted by molar-refractivity contribution is 5.84. The Morgan fingerprint density at radius 3 is 2.53 bits per heavy atom. The number of pyridine rings is 1. The standard InChI is InChI=1S/C35H55N3O5/c1-24-22-27(36-8)29(42-28-16-11-15-26-25(28)14-12-20-38-26)30(41-24)43-31-33(2,3)17-13-19-37-18-9-10-21-40-32(39)35(6,7)23-34(31,4)5/h11-12,14-16,20,24,27,29-31,36-37H,9-10,13,17-19,21-23H2,1-8H3/t24-,27+,29-,30+,31?/m1/s1. The van der Waals surface area contributed by atoms with E-state index in [-0.39, 0.29) is 35.0 Å². The van der Waals surface area contributed by atoms with Gasteiger partial charge in [-0.15, -0.1) is 0 Å². The third-order valence-electron chi connectivity index (χ3n) is 9.15. The Bertz CT molecular complexity index is 1190. The maximum absolute atomic E-state index is 13.3. The van der Waals surface area contributed by atoms with E-state index in [4.69, 9.17) is 18.9 Å². The Morgan fingerprint density at radius 1 is 1.00 bits per heavy atom. The quantitative estimate of drug-likeness (QED) is 0.390. The van der Waals surface area contributed by atoms with Crippen molar-refractivity contribution in [2.45, 2.75) is 118 Å². The molecule has 0 bridgehead atoms. The number of fused-ring (bicyclic) bond motifs is 1. The predicted molar refractivity (Wildman–Crippen MR) is 171 cm³/mol. The van der Waals surface area contributed by atoms with E-state index in [9.17, 15) is 4.79 Å². The van der Waals surface area contributed by atoms with Crippen LogP contribution in [0.2, 0.25) is 0 Å². The molecule has 240 valence electrons. The molecule has 8 nitrogen and oxygen atoms in total. The molecule has 2 saturated heterocycles. The minimum Gasteiger partial charge on any atom is -0.483 e. The number of aromatic nitrogens is 1. The molecule has 1 unspecified atom stereocenters. The number of hydrogen-bond acceptors (Lipinski definition) is 8. The second kappa shape index (κ2) is 14.2. The number of esters is 1. The van der Waals surface area contributed by atoms with Gasteiger partial charge >= 0.3 is 5.97 Å². The molecule has 2 aliphatic heterocycles. The molecular weight excluding hydrogens is 542 g/mol. The van der Waals surface area contributed by atoms with Gasteiger partial charge < -0.3 is 29.6 Å². The lowest BCUT2D eigenvalue weighted by Gasteiger charge is -2.50. The highest BCUT2D eigenvalue weighted by atomic mass is 16.7. The summed E-state index contributed by atoms with van der Waals surface area (Å²) in [5, 5.41) is 8.01. The van der Waals surface area contributed by atoms with Gasteiger partial charge in [0.2, 0.25) is 0 Å². The monoisotopic (exact) mass is 597 g/mol. The van der Waals surface area contributed by atoms with Crippen LogP contribution < -0.4 is 15.4 Å². The molecule has 0 aliphatic carbocycles. The van der Waals surface area contributed by atoms with Crippen LogP contribution in [0.5, 0.6) is 5.75 Å². The molecule has 5 atom stereocenters. The number of rotatable bonds is 5. The summed E-state index contributed by atoms with van der Waals surface area (Å²) in [6.45, 7) is 17.4. The van der Waals surface area contributed by atoms with Gasteiger partial charge in [-0.05, 0) is 115 Å². The van der Waals surface area contributed by atoms with E-state index in [2.05, 4.69) is 50.2 Å². The zero-order valence-electron chi connectivity index (χ0n) is 27.7. The molecule has 0 amide bonds. The minimum atomic E-state index is -0.667. The summed E-state index contributed by atoms with van der Waals surface area (Å²) in [4.78, 5) is 17.8. The van der Waals surface area contributed by atoms with Crippen molar-refractivity contribution in [2.75, 3.05) is 26.7 Å². The van der Waals surface area contributed by atoms with E-state index >= 15 is 0 Å². The fourth-order valence-corrected chi connectivity index (χ4v) is 7.40. The van der Waals surface area contributed by atoms with E-state index in [1.165, 1.54) is 0 Å². The van der Waals surface area contributed by atoms with Gasteiger partial charge in [0, 0.05) is 11.6 Å². The summed E-state index contributed by atoms with van der Waals surface area (Å²) in [5.74, 6) is 0.613. The van der Waals surface area contributed by atoms with Crippen molar-refractivity contribution in [1.82, 2.24) is 15.6 Å². The fraction of sp³-hybridized carbons (Fsp3) is 0.714. The number of carbonyl (C=O) groups is 1. The molecule has 4 rings (SSSR count). The number of likely N-dealkylation sites (N-methyl/N-ethyl adjacent to an activating group) is 1. The topological polar surface area (TPSA) is 90.9 Å². The molecule has 3 heterocycles. The van der Waals surface area contributed by atoms with Gasteiger partial charge in [-0.3, -0.25) is 9.78 Å². The van der Waals surface area contributed by atoms with Crippen molar-refractivity contribution in [2.24, 2.45) is 16.2 Å². The Hall–Kier alpha value is -2.26. The number of carbonyl (C=O) groups excluding carboxylic acids is 1. The van der Waals surface area contributed by atoms with E-state index in [1.54, 1.807) is 6.20 Å². The number of nitrogens with one attached hydrogen (secondary N) is 2. The highest BCUT2D eigenvalue weighted by Crippen LogP contribution is 2.47. The van der Waals surface area contributed by atoms with Crippen LogP contribution in [0.3, 0.4) is 0 Å². The normalized spacial score (nSPS) is 30.5. The van der Waals surface area contributed by atoms with Crippen LogP contribution in [-0.2, 0) is 19.0 Å². The molecule has 8 heteroatoms. The number of nitrogens with zero attached hydrogens (tertiary/aromatic N) is 1. The van der Waals surface area contributed by atoms with E-state index in [1.807, 2.05) is 51.2 Å². The average molecular weight is 598 g/mol. The van der Waals surface area contributed by atoms with Crippen molar-refractivity contribution in [3.63, 3.8) is 0 Å². The summed E-state index contributed by atoms with van der Waals surface area (Å²) >= 11 is 0. The molecule has 43 heavy (non-hydrogen) atoms. The molecule has 1 aromatic carbocycles. The van der Waals surface area contributed by atoms with Crippen LogP contribution in [0.25, 0.3) is 10.9 Å². The first kappa shape index (κ1) is 33.6. The van der Waals surface area contributed by atoms with Gasteiger partial charge in [-0.2, -0.15) is 0 Å². The van der Waals surface area contributed by atoms with Crippen LogP contribution in [0.1, 0.15) is 87.0 Å². The van der Waals surface area contributed by atoms with Crippen molar-refractivity contribution >= 4 is 16.9 Å². The third-order valence-corrected chi connectivity index (χ3v) is 9.15. The highest BCUT2D eigenvalue weighted by Gasteiger charge is 2.50. The number of hydrogen-bond donors (Lipinski definition) is 2. The molecule has 0 spiro atoms. The Labute approximate surface area is 259 Å². The van der Waals surface area contributed by atoms with E-state index in [0.29, 0.717) is 13.0 Å². The number of ether oxygens (including phenoxy) is 4. The molecule has 2 N–H and O–H groups in total. The summed E-state index contributed by atoms with van der Waals surface area (Å²) in [7, 11) is 1.97. The van der Waals surface area contributed by atoms with Gasteiger partial charge in [0.1, 0.15) is 5.75 Å². The lowest BCUT2D eigenvalue weighted by atomic mass is 9.64. The Morgan fingerprint density at radius 2 is 1.77 bits per heavy atom. The second-order valence-corrected chi connectivity index (χ2v) is 14.6. The summed E-state index contributed by atoms with van der Waals surface area (Å²) in [6, 6.07) is 9.95. The first-order valence-corrected chi connectivity index (χ1v) is 16.2. The van der Waals surface area contributed by atoms with Crippen LogP contribution in [-0.4, -0.2) is 68.3 Å². The van der Waals surface area contributed by atoms with Crippen LogP contribution >= 0.6 is 0 Å². The van der Waals surface area contributed by atoms with Crippen molar-refractivity contribution in [3.05, 3.63) is 36.5 Å². The van der Waals surface area contributed by atoms with Crippen LogP contribution in [0.15, 0.2) is 36.5 Å². The zero-order valence-corrected chi connectivity index (χ0v) is 27.7. The van der Waals surface area contributed by atoms with Gasteiger partial charge in [0.25, 0.3) is 0 Å². The van der Waals surface area contributed by atoms with Gasteiger partial charge in [0.05, 0.1) is 35.8 Å². The average Bonchev–Trinajstić information content (AvgIpc) is 2.94. The van der Waals surface area contributed by atoms with Gasteiger partial charge in [0.15, 0.2) is 12.4 Å². The van der Waals surface area contributed by atoms with Gasteiger partial charge in [-0.1, -0.05) is 33.8 Å². The molecule has 2 aromatic rings. The lowest BCUT2D eigenvalue weighted by molar-refractivity contribution is -0.285. The van der Waals surface area contributed by atoms with Crippen molar-refractivity contribution in [3.8, 4) is 5.75 Å². The van der Waals surface area contributed by atoms with Crippen molar-refractivity contribution < 1.29 is 23.7 Å². The smallest absolute Gasteiger partial charge is 0.311 e. The van der Waals surface area contributed by atoms with Crippen molar-refractivity contribution in [1.29, 1.82) is 0 Å². The molecular formula is C35H55N3O5. The molecule has 2 fully saturated rings. The Kier molecular flexibility index (Phi) is 11.1. The summed E-state index contributed by atoms with van der Waals surface area (Å²) in [6.07, 6.45) is 5.82. The van der Waals surface area contributed by atoms with Crippen LogP contribution in [0.4, 0.5) is 0 Å². The fourth-order valence-electron chi connectivity index (χ4n) is 7.40. The first-order chi connectivity index (χ1) is 20.3. The molecule has 1 aromatic heterocycles. The van der Waals surface area contributed by atoms with Gasteiger partial charge in [-0.25, -0.2) is 0 Å². The largest absolute Gasteiger partial charge is 0.483 e. The first-order valence-electron chi connectivity index (χ1n) is 16.2. The van der Waals surface area contributed by atoms with E-state index in [0.717, 1.165) is 61.8 Å². The maximum Gasteiger partial charge on any atom is 0.311 e. The van der Waals surface area contributed by atoms with Crippen LogP contribution in [0, 0.1) is 16.2 Å². The summed E-state index contributed by atoms with van der Waals surface area (Å²) in [5.41, 5.74) is -0.374.